The first-order valence-corrected chi connectivity index (χ1v) is 10.7. The Kier molecular flexibility index (Phi) is 6.49. The van der Waals surface area contributed by atoms with Gasteiger partial charge in [0.15, 0.2) is 6.10 Å². The molecule has 0 aliphatic rings. The maximum absolute atomic E-state index is 12.7. The van der Waals surface area contributed by atoms with E-state index in [9.17, 15) is 18.3 Å². The highest BCUT2D eigenvalue weighted by Crippen LogP contribution is 2.28. The highest BCUT2D eigenvalue weighted by Gasteiger charge is 2.20. The number of carbonyl (C=O) groups is 1. The molecule has 156 valence electrons. The number of benzene rings is 3. The highest BCUT2D eigenvalue weighted by atomic mass is 35.5. The summed E-state index contributed by atoms with van der Waals surface area (Å²) in [7, 11) is -3.98. The number of rotatable bonds is 7. The van der Waals surface area contributed by atoms with Crippen LogP contribution in [-0.2, 0) is 14.8 Å². The summed E-state index contributed by atoms with van der Waals surface area (Å²) in [5, 5.41) is 12.9. The van der Waals surface area contributed by atoms with Crippen LogP contribution in [0.4, 0.5) is 11.4 Å². The van der Waals surface area contributed by atoms with E-state index in [-0.39, 0.29) is 22.0 Å². The van der Waals surface area contributed by atoms with E-state index >= 15 is 0 Å². The minimum absolute atomic E-state index is 0.0579. The van der Waals surface area contributed by atoms with E-state index in [2.05, 4.69) is 10.0 Å². The van der Waals surface area contributed by atoms with E-state index in [4.69, 9.17) is 16.3 Å². The maximum Gasteiger partial charge on any atom is 0.265 e. The zero-order chi connectivity index (χ0) is 21.7. The number of amides is 1. The van der Waals surface area contributed by atoms with Crippen LogP contribution >= 0.6 is 11.6 Å². The number of anilines is 2. The second-order valence-electron chi connectivity index (χ2n) is 6.36. The summed E-state index contributed by atoms with van der Waals surface area (Å²) in [4.78, 5) is 12.3. The lowest BCUT2D eigenvalue weighted by molar-refractivity contribution is -0.122. The van der Waals surface area contributed by atoms with Gasteiger partial charge in [0.25, 0.3) is 15.9 Å². The Morgan fingerprint density at radius 3 is 2.47 bits per heavy atom. The second-order valence-corrected chi connectivity index (χ2v) is 8.48. The third-order valence-electron chi connectivity index (χ3n) is 4.04. The molecule has 3 rings (SSSR count). The molecule has 1 atom stereocenters. The van der Waals surface area contributed by atoms with Crippen molar-refractivity contribution >= 4 is 38.9 Å². The minimum atomic E-state index is -3.98. The first-order chi connectivity index (χ1) is 14.2. The highest BCUT2D eigenvalue weighted by molar-refractivity contribution is 7.92. The summed E-state index contributed by atoms with van der Waals surface area (Å²) >= 11 is 5.88. The number of nitrogens with one attached hydrogen (secondary N) is 2. The second kappa shape index (κ2) is 9.06. The molecule has 0 fully saturated rings. The third kappa shape index (κ3) is 5.43. The van der Waals surface area contributed by atoms with Gasteiger partial charge >= 0.3 is 0 Å². The first kappa shape index (κ1) is 21.5. The topological polar surface area (TPSA) is 105 Å². The normalized spacial score (nSPS) is 12.1. The Hall–Kier alpha value is -3.23. The van der Waals surface area contributed by atoms with E-state index in [1.807, 2.05) is 6.07 Å². The quantitative estimate of drug-likeness (QED) is 0.470. The number of ether oxygens (including phenoxy) is 1. The fourth-order valence-electron chi connectivity index (χ4n) is 2.54. The van der Waals surface area contributed by atoms with Crippen LogP contribution in [0.3, 0.4) is 0 Å². The Bertz CT molecular complexity index is 1150. The van der Waals surface area contributed by atoms with Crippen LogP contribution in [-0.4, -0.2) is 25.5 Å². The Morgan fingerprint density at radius 1 is 1.03 bits per heavy atom. The molecule has 0 heterocycles. The van der Waals surface area contributed by atoms with Gasteiger partial charge in [-0.1, -0.05) is 35.9 Å². The van der Waals surface area contributed by atoms with Crippen molar-refractivity contribution < 1.29 is 23.1 Å². The predicted molar refractivity (Wildman–Crippen MR) is 116 cm³/mol. The molecule has 30 heavy (non-hydrogen) atoms. The monoisotopic (exact) mass is 446 g/mol. The Morgan fingerprint density at radius 2 is 1.77 bits per heavy atom. The number of para-hydroxylation sites is 1. The van der Waals surface area contributed by atoms with Crippen LogP contribution < -0.4 is 14.8 Å². The maximum atomic E-state index is 12.7. The van der Waals surface area contributed by atoms with Gasteiger partial charge in [-0.05, 0) is 55.5 Å². The van der Waals surface area contributed by atoms with Gasteiger partial charge < -0.3 is 15.2 Å². The van der Waals surface area contributed by atoms with E-state index in [1.54, 1.807) is 49.4 Å². The number of halogens is 1. The van der Waals surface area contributed by atoms with E-state index in [0.29, 0.717) is 10.8 Å². The SMILES string of the molecule is CC(Oc1ccccc1)C(=O)Nc1cc(S(=O)(=O)Nc2cccc(Cl)c2)ccc1O. The van der Waals surface area contributed by atoms with Crippen LogP contribution in [0.1, 0.15) is 6.92 Å². The van der Waals surface area contributed by atoms with Crippen molar-refractivity contribution in [2.24, 2.45) is 0 Å². The van der Waals surface area contributed by atoms with Gasteiger partial charge in [0.2, 0.25) is 0 Å². The summed E-state index contributed by atoms with van der Waals surface area (Å²) in [6, 6.07) is 18.6. The number of carbonyl (C=O) groups excluding carboxylic acids is 1. The molecule has 0 aliphatic heterocycles. The molecule has 3 N–H and O–H groups in total. The first-order valence-electron chi connectivity index (χ1n) is 8.88. The summed E-state index contributed by atoms with van der Waals surface area (Å²) < 4.78 is 33.3. The van der Waals surface area contributed by atoms with Crippen LogP contribution in [0.5, 0.6) is 11.5 Å². The van der Waals surface area contributed by atoms with Crippen LogP contribution in [0.15, 0.2) is 77.7 Å². The van der Waals surface area contributed by atoms with Crippen molar-refractivity contribution in [1.82, 2.24) is 0 Å². The molecule has 3 aromatic rings. The molecule has 0 aromatic heterocycles. The van der Waals surface area contributed by atoms with Gasteiger partial charge in [-0.2, -0.15) is 0 Å². The summed E-state index contributed by atoms with van der Waals surface area (Å²) in [5.74, 6) is -0.324. The van der Waals surface area contributed by atoms with Crippen molar-refractivity contribution in [2.75, 3.05) is 10.0 Å². The van der Waals surface area contributed by atoms with E-state index < -0.39 is 22.0 Å². The molecule has 7 nitrogen and oxygen atoms in total. The zero-order valence-electron chi connectivity index (χ0n) is 15.9. The molecular weight excluding hydrogens is 428 g/mol. The lowest BCUT2D eigenvalue weighted by Gasteiger charge is -2.16. The van der Waals surface area contributed by atoms with Crippen LogP contribution in [0.25, 0.3) is 0 Å². The van der Waals surface area contributed by atoms with Gasteiger partial charge in [0.05, 0.1) is 16.3 Å². The molecule has 0 radical (unpaired) electrons. The number of phenols is 1. The smallest absolute Gasteiger partial charge is 0.265 e. The molecule has 0 saturated heterocycles. The minimum Gasteiger partial charge on any atom is -0.506 e. The molecule has 0 saturated carbocycles. The van der Waals surface area contributed by atoms with Crippen molar-refractivity contribution in [2.45, 2.75) is 17.9 Å². The Balaban J connectivity index is 1.76. The number of hydrogen-bond acceptors (Lipinski definition) is 5. The molecule has 0 aliphatic carbocycles. The number of hydrogen-bond donors (Lipinski definition) is 3. The fourth-order valence-corrected chi connectivity index (χ4v) is 3.81. The number of phenolic OH excluding ortho intramolecular Hbond substituents is 1. The number of sulfonamides is 1. The number of aromatic hydroxyl groups is 1. The lowest BCUT2D eigenvalue weighted by Crippen LogP contribution is -2.30. The molecule has 3 aromatic carbocycles. The van der Waals surface area contributed by atoms with Crippen LogP contribution in [0.2, 0.25) is 5.02 Å². The van der Waals surface area contributed by atoms with Crippen LogP contribution in [0, 0.1) is 0 Å². The molecule has 0 bridgehead atoms. The predicted octanol–water partition coefficient (Wildman–Crippen LogP) is 4.25. The summed E-state index contributed by atoms with van der Waals surface area (Å²) in [5.41, 5.74) is 0.225. The van der Waals surface area contributed by atoms with Gasteiger partial charge in [-0.25, -0.2) is 8.42 Å². The van der Waals surface area contributed by atoms with Crippen molar-refractivity contribution in [3.8, 4) is 11.5 Å². The summed E-state index contributed by atoms with van der Waals surface area (Å²) in [6.07, 6.45) is -0.878. The van der Waals surface area contributed by atoms with E-state index in [1.165, 1.54) is 18.2 Å². The molecular formula is C21H19ClN2O5S. The van der Waals surface area contributed by atoms with Crippen molar-refractivity contribution in [1.29, 1.82) is 0 Å². The largest absolute Gasteiger partial charge is 0.506 e. The molecule has 9 heteroatoms. The molecule has 1 amide bonds. The van der Waals surface area contributed by atoms with Gasteiger partial charge in [-0.15, -0.1) is 0 Å². The lowest BCUT2D eigenvalue weighted by atomic mass is 10.2. The van der Waals surface area contributed by atoms with Gasteiger partial charge in [0, 0.05) is 5.02 Å². The summed E-state index contributed by atoms with van der Waals surface area (Å²) in [6.45, 7) is 1.54. The molecule has 1 unspecified atom stereocenters. The average molecular weight is 447 g/mol. The van der Waals surface area contributed by atoms with Gasteiger partial charge in [-0.3, -0.25) is 9.52 Å². The molecule has 0 spiro atoms. The fraction of sp³-hybridized carbons (Fsp3) is 0.0952. The average Bonchev–Trinajstić information content (AvgIpc) is 2.70. The van der Waals surface area contributed by atoms with Crippen molar-refractivity contribution in [3.63, 3.8) is 0 Å². The van der Waals surface area contributed by atoms with Gasteiger partial charge in [0.1, 0.15) is 11.5 Å². The Labute approximate surface area is 179 Å². The zero-order valence-corrected chi connectivity index (χ0v) is 17.4. The third-order valence-corrected chi connectivity index (χ3v) is 5.65. The van der Waals surface area contributed by atoms with E-state index in [0.717, 1.165) is 6.07 Å². The standard InChI is InChI=1S/C21H19ClN2O5S/c1-14(29-17-8-3-2-4-9-17)21(26)23-19-13-18(10-11-20(19)25)30(27,28)24-16-7-5-6-15(22)12-16/h2-14,24-25H,1H3,(H,23,26). The van der Waals surface area contributed by atoms with Crippen molar-refractivity contribution in [3.05, 3.63) is 77.8 Å².